The normalized spacial score (nSPS) is 20.4. The Kier molecular flexibility index (Phi) is 5.03. The summed E-state index contributed by atoms with van der Waals surface area (Å²) in [5, 5.41) is 15.2. The van der Waals surface area contributed by atoms with Gasteiger partial charge in [-0.2, -0.15) is 0 Å². The zero-order valence-corrected chi connectivity index (χ0v) is 12.4. The largest absolute Gasteiger partial charge is 0.495 e. The van der Waals surface area contributed by atoms with Gasteiger partial charge < -0.3 is 20.2 Å². The molecule has 1 aromatic carbocycles. The van der Waals surface area contributed by atoms with Crippen molar-refractivity contribution in [2.24, 2.45) is 11.1 Å². The maximum atomic E-state index is 12.3. The van der Waals surface area contributed by atoms with E-state index >= 15 is 0 Å². The van der Waals surface area contributed by atoms with Crippen molar-refractivity contribution >= 4 is 17.4 Å². The lowest BCUT2D eigenvalue weighted by molar-refractivity contribution is 0.200. The first-order chi connectivity index (χ1) is 10.2. The van der Waals surface area contributed by atoms with Crippen LogP contribution < -0.4 is 10.1 Å². The molecule has 1 atom stereocenters. The Balaban J connectivity index is 2.04. The molecule has 0 bridgehead atoms. The fourth-order valence-corrected chi connectivity index (χ4v) is 2.54. The Morgan fingerprint density at radius 1 is 1.52 bits per heavy atom. The summed E-state index contributed by atoms with van der Waals surface area (Å²) in [6.07, 6.45) is 1.45. The summed E-state index contributed by atoms with van der Waals surface area (Å²) < 4.78 is 5.22. The lowest BCUT2D eigenvalue weighted by Crippen LogP contribution is -2.45. The van der Waals surface area contributed by atoms with Crippen LogP contribution in [0.25, 0.3) is 0 Å². The second kappa shape index (κ2) is 6.97. The molecule has 2 amide bonds. The van der Waals surface area contributed by atoms with Crippen LogP contribution in [0.5, 0.6) is 5.75 Å². The van der Waals surface area contributed by atoms with Gasteiger partial charge in [-0.3, -0.25) is 0 Å². The van der Waals surface area contributed by atoms with Crippen molar-refractivity contribution in [3.05, 3.63) is 24.3 Å². The number of methoxy groups -OCH3 is 1. The summed E-state index contributed by atoms with van der Waals surface area (Å²) >= 11 is 0. The van der Waals surface area contributed by atoms with Crippen LogP contribution in [0.1, 0.15) is 19.8 Å². The van der Waals surface area contributed by atoms with Gasteiger partial charge in [0.1, 0.15) is 5.75 Å². The van der Waals surface area contributed by atoms with Gasteiger partial charge in [0.15, 0.2) is 0 Å². The molecule has 1 saturated heterocycles. The SMILES string of the molecule is CCC1CN(C(=O)Nc2ccccc2OC)CC/C1=N\O. The zero-order chi connectivity index (χ0) is 15.2. The Morgan fingerprint density at radius 2 is 2.29 bits per heavy atom. The Labute approximate surface area is 124 Å². The van der Waals surface area contributed by atoms with Crippen molar-refractivity contribution in [2.75, 3.05) is 25.5 Å². The predicted molar refractivity (Wildman–Crippen MR) is 81.2 cm³/mol. The average molecular weight is 291 g/mol. The number of benzene rings is 1. The van der Waals surface area contributed by atoms with Crippen molar-refractivity contribution in [2.45, 2.75) is 19.8 Å². The van der Waals surface area contributed by atoms with Gasteiger partial charge in [0.2, 0.25) is 0 Å². The molecule has 0 spiro atoms. The first kappa shape index (κ1) is 15.2. The molecule has 114 valence electrons. The molecule has 1 aliphatic heterocycles. The van der Waals surface area contributed by atoms with Crippen LogP contribution in [0.4, 0.5) is 10.5 Å². The molecule has 0 aliphatic carbocycles. The fourth-order valence-electron chi connectivity index (χ4n) is 2.54. The number of rotatable bonds is 3. The van der Waals surface area contributed by atoms with Crippen molar-refractivity contribution in [3.63, 3.8) is 0 Å². The predicted octanol–water partition coefficient (Wildman–Crippen LogP) is 2.79. The number of carbonyl (C=O) groups excluding carboxylic acids is 1. The van der Waals surface area contributed by atoms with Crippen LogP contribution in [0.3, 0.4) is 0 Å². The second-order valence-corrected chi connectivity index (χ2v) is 5.02. The van der Waals surface area contributed by atoms with Gasteiger partial charge in [0.25, 0.3) is 0 Å². The van der Waals surface area contributed by atoms with Gasteiger partial charge >= 0.3 is 6.03 Å². The molecule has 0 radical (unpaired) electrons. The molecule has 1 heterocycles. The highest BCUT2D eigenvalue weighted by molar-refractivity contribution is 5.94. The number of ether oxygens (including phenoxy) is 1. The van der Waals surface area contributed by atoms with Crippen LogP contribution in [-0.4, -0.2) is 42.0 Å². The summed E-state index contributed by atoms with van der Waals surface area (Å²) in [6, 6.07) is 7.15. The summed E-state index contributed by atoms with van der Waals surface area (Å²) in [6.45, 7) is 3.14. The van der Waals surface area contributed by atoms with E-state index in [1.807, 2.05) is 19.1 Å². The summed E-state index contributed by atoms with van der Waals surface area (Å²) in [5.74, 6) is 0.750. The van der Waals surface area contributed by atoms with Gasteiger partial charge in [-0.15, -0.1) is 0 Å². The van der Waals surface area contributed by atoms with Crippen LogP contribution in [0.2, 0.25) is 0 Å². The van der Waals surface area contributed by atoms with E-state index in [0.29, 0.717) is 30.9 Å². The molecule has 2 N–H and O–H groups in total. The molecule has 6 heteroatoms. The third kappa shape index (κ3) is 3.45. The molecular weight excluding hydrogens is 270 g/mol. The van der Waals surface area contributed by atoms with Gasteiger partial charge in [0.05, 0.1) is 18.5 Å². The van der Waals surface area contributed by atoms with E-state index in [1.54, 1.807) is 24.1 Å². The summed E-state index contributed by atoms with van der Waals surface area (Å²) in [5.41, 5.74) is 1.43. The molecule has 1 aliphatic rings. The number of likely N-dealkylation sites (tertiary alicyclic amines) is 1. The van der Waals surface area contributed by atoms with Crippen molar-refractivity contribution < 1.29 is 14.7 Å². The van der Waals surface area contributed by atoms with E-state index in [4.69, 9.17) is 9.94 Å². The highest BCUT2D eigenvalue weighted by Gasteiger charge is 2.28. The number of hydrogen-bond donors (Lipinski definition) is 2. The Bertz CT molecular complexity index is 531. The quantitative estimate of drug-likeness (QED) is 0.664. The molecule has 0 aromatic heterocycles. The van der Waals surface area contributed by atoms with Gasteiger partial charge in [-0.25, -0.2) is 4.79 Å². The van der Waals surface area contributed by atoms with Crippen LogP contribution in [0.15, 0.2) is 29.4 Å². The number of amides is 2. The number of urea groups is 1. The highest BCUT2D eigenvalue weighted by atomic mass is 16.5. The summed E-state index contributed by atoms with van der Waals surface area (Å²) in [4.78, 5) is 14.1. The highest BCUT2D eigenvalue weighted by Crippen LogP contribution is 2.24. The minimum absolute atomic E-state index is 0.118. The molecule has 1 aromatic rings. The van der Waals surface area contributed by atoms with E-state index in [1.165, 1.54) is 0 Å². The second-order valence-electron chi connectivity index (χ2n) is 5.02. The van der Waals surface area contributed by atoms with Crippen molar-refractivity contribution in [1.29, 1.82) is 0 Å². The number of hydrogen-bond acceptors (Lipinski definition) is 4. The topological polar surface area (TPSA) is 74.2 Å². The Morgan fingerprint density at radius 3 is 2.95 bits per heavy atom. The first-order valence-electron chi connectivity index (χ1n) is 7.09. The van der Waals surface area contributed by atoms with Crippen molar-refractivity contribution in [3.8, 4) is 5.75 Å². The number of anilines is 1. The van der Waals surface area contributed by atoms with E-state index in [9.17, 15) is 4.79 Å². The van der Waals surface area contributed by atoms with Crippen molar-refractivity contribution in [1.82, 2.24) is 4.90 Å². The minimum atomic E-state index is -0.157. The molecule has 1 fully saturated rings. The number of nitrogens with one attached hydrogen (secondary N) is 1. The first-order valence-corrected chi connectivity index (χ1v) is 7.09. The van der Waals surface area contributed by atoms with Gasteiger partial charge in [-0.05, 0) is 18.6 Å². The number of para-hydroxylation sites is 2. The standard InChI is InChI=1S/C15H21N3O3/c1-3-11-10-18(9-8-12(11)17-20)15(19)16-13-6-4-5-7-14(13)21-2/h4-7,11,20H,3,8-10H2,1-2H3,(H,16,19)/b17-12+. The number of carbonyl (C=O) groups is 1. The zero-order valence-electron chi connectivity index (χ0n) is 12.4. The molecule has 1 unspecified atom stereocenters. The maximum Gasteiger partial charge on any atom is 0.321 e. The number of piperidine rings is 1. The fraction of sp³-hybridized carbons (Fsp3) is 0.467. The lowest BCUT2D eigenvalue weighted by Gasteiger charge is -2.32. The minimum Gasteiger partial charge on any atom is -0.495 e. The third-order valence-electron chi connectivity index (χ3n) is 3.81. The molecule has 21 heavy (non-hydrogen) atoms. The molecule has 2 rings (SSSR count). The number of nitrogens with zero attached hydrogens (tertiary/aromatic N) is 2. The lowest BCUT2D eigenvalue weighted by atomic mass is 9.93. The molecular formula is C15H21N3O3. The maximum absolute atomic E-state index is 12.3. The van der Waals surface area contributed by atoms with Crippen LogP contribution in [0, 0.1) is 5.92 Å². The third-order valence-corrected chi connectivity index (χ3v) is 3.81. The monoisotopic (exact) mass is 291 g/mol. The van der Waals surface area contributed by atoms with Crippen LogP contribution >= 0.6 is 0 Å². The van der Waals surface area contributed by atoms with Crippen LogP contribution in [-0.2, 0) is 0 Å². The van der Waals surface area contributed by atoms with E-state index < -0.39 is 0 Å². The Hall–Kier alpha value is -2.24. The average Bonchev–Trinajstić information content (AvgIpc) is 2.54. The van der Waals surface area contributed by atoms with E-state index in [2.05, 4.69) is 10.5 Å². The molecule has 6 nitrogen and oxygen atoms in total. The summed E-state index contributed by atoms with van der Waals surface area (Å²) in [7, 11) is 1.57. The number of oxime groups is 1. The van der Waals surface area contributed by atoms with E-state index in [0.717, 1.165) is 12.1 Å². The smallest absolute Gasteiger partial charge is 0.321 e. The van der Waals surface area contributed by atoms with E-state index in [-0.39, 0.29) is 11.9 Å². The molecule has 0 saturated carbocycles. The van der Waals surface area contributed by atoms with Gasteiger partial charge in [-0.1, -0.05) is 24.2 Å². The van der Waals surface area contributed by atoms with Gasteiger partial charge in [0, 0.05) is 25.4 Å².